The average Bonchev–Trinajstić information content (AvgIpc) is 3.22. The van der Waals surface area contributed by atoms with Crippen molar-refractivity contribution < 1.29 is 13.7 Å². The number of quaternary nitrogens is 2. The van der Waals surface area contributed by atoms with E-state index in [4.69, 9.17) is 4.74 Å². The zero-order valence-electron chi connectivity index (χ0n) is 33.7. The number of benzene rings is 4. The Morgan fingerprint density at radius 3 is 0.906 bits per heavy atom. The van der Waals surface area contributed by atoms with Crippen molar-refractivity contribution in [2.45, 2.75) is 55.4 Å². The molecule has 284 valence electrons. The van der Waals surface area contributed by atoms with E-state index in [-0.39, 0.29) is 0 Å². The monoisotopic (exact) mass is 721 g/mol. The van der Waals surface area contributed by atoms with Crippen LogP contribution in [0.1, 0.15) is 55.4 Å². The van der Waals surface area contributed by atoms with Gasteiger partial charge in [-0.25, -0.2) is 0 Å². The van der Waals surface area contributed by atoms with E-state index in [1.807, 2.05) is 72.8 Å². The Balaban J connectivity index is 1.27. The first kappa shape index (κ1) is 41.2. The molecule has 0 fully saturated rings. The van der Waals surface area contributed by atoms with Gasteiger partial charge in [-0.15, -0.1) is 0 Å². The summed E-state index contributed by atoms with van der Waals surface area (Å²) < 4.78 is 8.38. The molecule has 9 nitrogen and oxygen atoms in total. The third-order valence-electron chi connectivity index (χ3n) is 11.4. The second-order valence-electron chi connectivity index (χ2n) is 13.7. The van der Waals surface area contributed by atoms with Gasteiger partial charge in [0.25, 0.3) is 0 Å². The summed E-state index contributed by atoms with van der Waals surface area (Å²) in [6, 6.07) is 32.0. The molecule has 0 bridgehead atoms. The molecule has 0 saturated heterocycles. The molecule has 0 heterocycles. The summed E-state index contributed by atoms with van der Waals surface area (Å²) in [5.74, 6) is 1.45. The number of rotatable bonds is 22. The fraction of sp³-hybridized carbons (Fsp3) is 0.455. The molecule has 4 aromatic carbocycles. The zero-order chi connectivity index (χ0) is 38.1. The smallest absolute Gasteiger partial charge is 0.127 e. The molecule has 0 amide bonds. The normalized spacial score (nSPS) is 12.2. The van der Waals surface area contributed by atoms with Crippen molar-refractivity contribution in [3.63, 3.8) is 0 Å². The third-order valence-corrected chi connectivity index (χ3v) is 11.4. The topological polar surface area (TPSA) is 65.1 Å². The Kier molecular flexibility index (Phi) is 16.0. The Labute approximate surface area is 319 Å². The molecule has 0 atom stereocenters. The van der Waals surface area contributed by atoms with Crippen molar-refractivity contribution in [3.8, 4) is 11.5 Å². The first-order valence-electron chi connectivity index (χ1n) is 19.9. The van der Waals surface area contributed by atoms with Crippen molar-refractivity contribution in [1.29, 1.82) is 0 Å². The Morgan fingerprint density at radius 2 is 0.660 bits per heavy atom. The maximum absolute atomic E-state index is 6.07. The average molecular weight is 721 g/mol. The highest BCUT2D eigenvalue weighted by Crippen LogP contribution is 2.29. The van der Waals surface area contributed by atoms with Gasteiger partial charge in [0.05, 0.1) is 88.2 Å². The number of azo groups is 2. The number of hydrogen-bond donors (Lipinski definition) is 0. The van der Waals surface area contributed by atoms with E-state index in [9.17, 15) is 0 Å². The maximum Gasteiger partial charge on any atom is 0.127 e. The van der Waals surface area contributed by atoms with E-state index in [2.05, 4.69) is 110 Å². The molecule has 0 saturated carbocycles. The molecule has 4 rings (SSSR count). The van der Waals surface area contributed by atoms with Gasteiger partial charge in [0.15, 0.2) is 0 Å². The molecule has 9 heteroatoms. The van der Waals surface area contributed by atoms with E-state index in [0.717, 1.165) is 82.5 Å². The largest absolute Gasteiger partial charge is 0.457 e. The molecule has 53 heavy (non-hydrogen) atoms. The van der Waals surface area contributed by atoms with E-state index in [1.165, 1.54) is 50.6 Å². The van der Waals surface area contributed by atoms with Crippen LogP contribution < -0.4 is 14.5 Å². The molecular formula is C44H64N8O+2. The van der Waals surface area contributed by atoms with Crippen LogP contribution in [0.3, 0.4) is 0 Å². The van der Waals surface area contributed by atoms with Gasteiger partial charge < -0.3 is 23.5 Å². The standard InChI is InChI=1S/C44H64N8O/c1-9-49(33-35-51(11-3,12-4)13-5)41-25-17-37(18-26-41)45-47-39-21-29-43(30-22-39)53-44-31-23-40(24-32-44)48-46-38-19-27-42(28-20-38)50(10-2)34-36-52(14-6,15-7)16-8/h17-32H,9-16,33-36H2,1-8H3/q+2. The summed E-state index contributed by atoms with van der Waals surface area (Å²) in [7, 11) is 0. The third kappa shape index (κ3) is 11.7. The summed E-state index contributed by atoms with van der Waals surface area (Å²) in [4.78, 5) is 4.89. The lowest BCUT2D eigenvalue weighted by atomic mass is 10.2. The molecule has 0 aliphatic rings. The van der Waals surface area contributed by atoms with Gasteiger partial charge in [-0.1, -0.05) is 0 Å². The summed E-state index contributed by atoms with van der Waals surface area (Å²) in [5, 5.41) is 17.8. The first-order valence-corrected chi connectivity index (χ1v) is 19.9. The van der Waals surface area contributed by atoms with Gasteiger partial charge in [-0.05, 0) is 152 Å². The molecule has 0 radical (unpaired) electrons. The second-order valence-corrected chi connectivity index (χ2v) is 13.7. The SMILES string of the molecule is CCN(CC[N+](CC)(CC)CC)c1ccc(N=Nc2ccc(Oc3ccc(N=Nc4ccc(N(CC)CC[N+](CC)(CC)CC)cc4)cc3)cc2)cc1. The van der Waals surface area contributed by atoms with Crippen molar-refractivity contribution >= 4 is 34.1 Å². The highest BCUT2D eigenvalue weighted by atomic mass is 16.5. The summed E-state index contributed by atoms with van der Waals surface area (Å²) in [6.45, 7) is 31.6. The second kappa shape index (κ2) is 20.6. The lowest BCUT2D eigenvalue weighted by Crippen LogP contribution is -2.51. The van der Waals surface area contributed by atoms with Gasteiger partial charge in [0, 0.05) is 24.5 Å². The van der Waals surface area contributed by atoms with Crippen molar-refractivity contribution in [3.05, 3.63) is 97.1 Å². The quantitative estimate of drug-likeness (QED) is 0.0600. The molecule has 0 unspecified atom stereocenters. The minimum absolute atomic E-state index is 0.726. The Morgan fingerprint density at radius 1 is 0.396 bits per heavy atom. The summed E-state index contributed by atoms with van der Waals surface area (Å²) >= 11 is 0. The van der Waals surface area contributed by atoms with Crippen LogP contribution in [0, 0.1) is 0 Å². The van der Waals surface area contributed by atoms with Crippen molar-refractivity contribution in [2.24, 2.45) is 20.5 Å². The van der Waals surface area contributed by atoms with Gasteiger partial charge in [0.2, 0.25) is 0 Å². The molecular weight excluding hydrogens is 657 g/mol. The first-order chi connectivity index (χ1) is 25.8. The van der Waals surface area contributed by atoms with Gasteiger partial charge in [-0.3, -0.25) is 0 Å². The molecule has 0 aliphatic heterocycles. The van der Waals surface area contributed by atoms with E-state index >= 15 is 0 Å². The van der Waals surface area contributed by atoms with Gasteiger partial charge >= 0.3 is 0 Å². The highest BCUT2D eigenvalue weighted by molar-refractivity contribution is 5.54. The molecule has 0 aliphatic carbocycles. The maximum atomic E-state index is 6.07. The number of hydrogen-bond acceptors (Lipinski definition) is 7. The molecule has 0 N–H and O–H groups in total. The number of likely N-dealkylation sites (N-methyl/N-ethyl adjacent to an activating group) is 4. The van der Waals surface area contributed by atoms with Crippen LogP contribution in [0.25, 0.3) is 0 Å². The van der Waals surface area contributed by atoms with Crippen molar-refractivity contribution in [1.82, 2.24) is 0 Å². The summed E-state index contributed by atoms with van der Waals surface area (Å²) in [5.41, 5.74) is 5.64. The highest BCUT2D eigenvalue weighted by Gasteiger charge is 2.22. The van der Waals surface area contributed by atoms with Gasteiger partial charge in [-0.2, -0.15) is 20.5 Å². The molecule has 0 aromatic heterocycles. The van der Waals surface area contributed by atoms with Crippen LogP contribution in [-0.2, 0) is 0 Å². The number of nitrogens with zero attached hydrogens (tertiary/aromatic N) is 8. The Bertz CT molecular complexity index is 1530. The zero-order valence-corrected chi connectivity index (χ0v) is 33.7. The van der Waals surface area contributed by atoms with E-state index in [0.29, 0.717) is 0 Å². The van der Waals surface area contributed by atoms with E-state index in [1.54, 1.807) is 0 Å². The fourth-order valence-electron chi connectivity index (χ4n) is 6.88. The lowest BCUT2D eigenvalue weighted by molar-refractivity contribution is -0.921. The molecule has 4 aromatic rings. The van der Waals surface area contributed by atoms with Crippen LogP contribution in [0.2, 0.25) is 0 Å². The minimum Gasteiger partial charge on any atom is -0.457 e. The molecule has 0 spiro atoms. The predicted molar refractivity (Wildman–Crippen MR) is 223 cm³/mol. The van der Waals surface area contributed by atoms with E-state index < -0.39 is 0 Å². The predicted octanol–water partition coefficient (Wildman–Crippen LogP) is 11.7. The van der Waals surface area contributed by atoms with Crippen LogP contribution in [-0.4, -0.2) is 87.5 Å². The number of anilines is 2. The summed E-state index contributed by atoms with van der Waals surface area (Å²) in [6.07, 6.45) is 0. The van der Waals surface area contributed by atoms with Crippen LogP contribution in [0.15, 0.2) is 118 Å². The fourth-order valence-corrected chi connectivity index (χ4v) is 6.88. The van der Waals surface area contributed by atoms with Crippen LogP contribution >= 0.6 is 0 Å². The van der Waals surface area contributed by atoms with Crippen LogP contribution in [0.4, 0.5) is 34.1 Å². The van der Waals surface area contributed by atoms with Crippen molar-refractivity contribution in [2.75, 3.05) is 88.3 Å². The van der Waals surface area contributed by atoms with Crippen LogP contribution in [0.5, 0.6) is 11.5 Å². The van der Waals surface area contributed by atoms with Gasteiger partial charge in [0.1, 0.15) is 11.5 Å². The lowest BCUT2D eigenvalue weighted by Gasteiger charge is -2.38. The number of ether oxygens (including phenoxy) is 1. The Hall–Kier alpha value is -4.60. The minimum atomic E-state index is 0.726.